The molecule has 0 unspecified atom stereocenters. The monoisotopic (exact) mass is 347 g/mol. The highest BCUT2D eigenvalue weighted by Crippen LogP contribution is 2.34. The Balaban J connectivity index is 1.63. The van der Waals surface area contributed by atoms with Gasteiger partial charge in [0.25, 0.3) is 5.69 Å². The minimum atomic E-state index is -0.296. The van der Waals surface area contributed by atoms with Gasteiger partial charge in [0.2, 0.25) is 0 Å². The second-order valence-corrected chi connectivity index (χ2v) is 7.37. The molecular weight excluding hydrogens is 318 g/mol. The molecular formula is C19H29N3O3. The predicted octanol–water partition coefficient (Wildman–Crippen LogP) is 3.03. The molecule has 6 heteroatoms. The Labute approximate surface area is 149 Å². The number of morpholine rings is 1. The molecule has 2 fully saturated rings. The molecule has 1 aromatic carbocycles. The average molecular weight is 347 g/mol. The van der Waals surface area contributed by atoms with Crippen LogP contribution in [0.2, 0.25) is 0 Å². The van der Waals surface area contributed by atoms with E-state index in [4.69, 9.17) is 4.74 Å². The summed E-state index contributed by atoms with van der Waals surface area (Å²) in [7, 11) is 0. The summed E-state index contributed by atoms with van der Waals surface area (Å²) in [6.45, 7) is 7.07. The topological polar surface area (TPSA) is 67.6 Å². The summed E-state index contributed by atoms with van der Waals surface area (Å²) in [5.41, 5.74) is 2.12. The molecule has 1 aliphatic heterocycles. The van der Waals surface area contributed by atoms with Crippen molar-refractivity contribution in [3.63, 3.8) is 0 Å². The Hall–Kier alpha value is -1.50. The van der Waals surface area contributed by atoms with Crippen LogP contribution >= 0.6 is 0 Å². The second-order valence-electron chi connectivity index (χ2n) is 7.37. The molecule has 1 heterocycles. The van der Waals surface area contributed by atoms with Crippen LogP contribution in [0.15, 0.2) is 18.2 Å². The van der Waals surface area contributed by atoms with E-state index in [1.54, 1.807) is 13.0 Å². The van der Waals surface area contributed by atoms with Crippen LogP contribution in [0.3, 0.4) is 0 Å². The fourth-order valence-electron chi connectivity index (χ4n) is 4.25. The van der Waals surface area contributed by atoms with Crippen molar-refractivity contribution in [3.8, 4) is 0 Å². The van der Waals surface area contributed by atoms with E-state index < -0.39 is 0 Å². The first-order valence-corrected chi connectivity index (χ1v) is 9.38. The number of nitro groups is 1. The minimum absolute atomic E-state index is 0.208. The molecule has 3 rings (SSSR count). The van der Waals surface area contributed by atoms with E-state index in [9.17, 15) is 10.1 Å². The quantitative estimate of drug-likeness (QED) is 0.633. The number of nitrogens with one attached hydrogen (secondary N) is 1. The van der Waals surface area contributed by atoms with Crippen molar-refractivity contribution in [1.29, 1.82) is 0 Å². The lowest BCUT2D eigenvalue weighted by molar-refractivity contribution is -0.385. The second kappa shape index (κ2) is 8.25. The highest BCUT2D eigenvalue weighted by Gasteiger charge is 2.38. The van der Waals surface area contributed by atoms with E-state index in [2.05, 4.69) is 10.2 Å². The number of ether oxygens (including phenoxy) is 1. The lowest BCUT2D eigenvalue weighted by atomic mass is 9.79. The Morgan fingerprint density at radius 1 is 1.24 bits per heavy atom. The minimum Gasteiger partial charge on any atom is -0.379 e. The average Bonchev–Trinajstić information content (AvgIpc) is 2.64. The molecule has 6 nitrogen and oxygen atoms in total. The van der Waals surface area contributed by atoms with Gasteiger partial charge < -0.3 is 10.1 Å². The van der Waals surface area contributed by atoms with Crippen molar-refractivity contribution in [2.24, 2.45) is 0 Å². The highest BCUT2D eigenvalue weighted by molar-refractivity contribution is 5.42. The lowest BCUT2D eigenvalue weighted by Crippen LogP contribution is -2.59. The van der Waals surface area contributed by atoms with Crippen molar-refractivity contribution in [1.82, 2.24) is 10.2 Å². The molecule has 1 aliphatic carbocycles. The van der Waals surface area contributed by atoms with Gasteiger partial charge in [-0.3, -0.25) is 15.0 Å². The first-order valence-electron chi connectivity index (χ1n) is 9.38. The number of nitrogens with zero attached hydrogens (tertiary/aromatic N) is 2. The summed E-state index contributed by atoms with van der Waals surface area (Å²) in [5, 5.41) is 14.7. The zero-order valence-corrected chi connectivity index (χ0v) is 15.1. The van der Waals surface area contributed by atoms with E-state index in [-0.39, 0.29) is 16.1 Å². The third-order valence-electron chi connectivity index (χ3n) is 5.72. The molecule has 0 amide bonds. The molecule has 1 aromatic rings. The van der Waals surface area contributed by atoms with Gasteiger partial charge in [-0.15, -0.1) is 0 Å². The molecule has 2 aliphatic rings. The Morgan fingerprint density at radius 2 is 1.96 bits per heavy atom. The number of aryl methyl sites for hydroxylation is 1. The van der Waals surface area contributed by atoms with Crippen LogP contribution in [0.1, 0.15) is 43.2 Å². The zero-order valence-electron chi connectivity index (χ0n) is 15.1. The van der Waals surface area contributed by atoms with Gasteiger partial charge in [-0.1, -0.05) is 31.4 Å². The zero-order chi connectivity index (χ0) is 17.7. The lowest BCUT2D eigenvalue weighted by Gasteiger charge is -2.48. The van der Waals surface area contributed by atoms with Gasteiger partial charge in [0, 0.05) is 43.3 Å². The molecule has 0 spiro atoms. The molecule has 0 bridgehead atoms. The number of benzene rings is 1. The highest BCUT2D eigenvalue weighted by atomic mass is 16.6. The standard InChI is InChI=1S/C19H29N3O3/c1-16-5-6-17(13-18(16)22(23)24)14-20-15-19(7-3-2-4-8-19)21-9-11-25-12-10-21/h5-6,13,20H,2-4,7-12,14-15H2,1H3. The van der Waals surface area contributed by atoms with E-state index in [0.29, 0.717) is 12.1 Å². The van der Waals surface area contributed by atoms with Gasteiger partial charge in [-0.25, -0.2) is 0 Å². The van der Waals surface area contributed by atoms with Crippen molar-refractivity contribution in [2.45, 2.75) is 51.1 Å². The SMILES string of the molecule is Cc1ccc(CNCC2(N3CCOCC3)CCCCC2)cc1[N+](=O)[O-]. The van der Waals surface area contributed by atoms with Crippen LogP contribution in [-0.2, 0) is 11.3 Å². The van der Waals surface area contributed by atoms with Gasteiger partial charge in [-0.2, -0.15) is 0 Å². The number of nitro benzene ring substituents is 1. The molecule has 1 saturated heterocycles. The summed E-state index contributed by atoms with van der Waals surface area (Å²) in [6, 6.07) is 5.52. The molecule has 138 valence electrons. The van der Waals surface area contributed by atoms with Crippen LogP contribution in [0.5, 0.6) is 0 Å². The van der Waals surface area contributed by atoms with Gasteiger partial charge in [0.05, 0.1) is 18.1 Å². The van der Waals surface area contributed by atoms with Crippen LogP contribution in [0.25, 0.3) is 0 Å². The fraction of sp³-hybridized carbons (Fsp3) is 0.684. The third-order valence-corrected chi connectivity index (χ3v) is 5.72. The molecule has 0 atom stereocenters. The molecule has 25 heavy (non-hydrogen) atoms. The van der Waals surface area contributed by atoms with Gasteiger partial charge in [0.15, 0.2) is 0 Å². The van der Waals surface area contributed by atoms with Gasteiger partial charge >= 0.3 is 0 Å². The van der Waals surface area contributed by atoms with Crippen LogP contribution in [0, 0.1) is 17.0 Å². The smallest absolute Gasteiger partial charge is 0.272 e. The summed E-state index contributed by atoms with van der Waals surface area (Å²) < 4.78 is 5.53. The maximum Gasteiger partial charge on any atom is 0.272 e. The van der Waals surface area contributed by atoms with Crippen molar-refractivity contribution in [3.05, 3.63) is 39.4 Å². The van der Waals surface area contributed by atoms with E-state index in [1.165, 1.54) is 32.1 Å². The van der Waals surface area contributed by atoms with Gasteiger partial charge in [-0.05, 0) is 25.3 Å². The molecule has 0 radical (unpaired) electrons. The maximum atomic E-state index is 11.1. The van der Waals surface area contributed by atoms with E-state index in [0.717, 1.165) is 38.4 Å². The predicted molar refractivity (Wildman–Crippen MR) is 97.7 cm³/mol. The Morgan fingerprint density at radius 3 is 2.64 bits per heavy atom. The largest absolute Gasteiger partial charge is 0.379 e. The maximum absolute atomic E-state index is 11.1. The molecule has 1 N–H and O–H groups in total. The summed E-state index contributed by atoms with van der Waals surface area (Å²) in [4.78, 5) is 13.4. The van der Waals surface area contributed by atoms with Crippen LogP contribution in [0.4, 0.5) is 5.69 Å². The van der Waals surface area contributed by atoms with Crippen molar-refractivity contribution in [2.75, 3.05) is 32.8 Å². The number of hydrogen-bond donors (Lipinski definition) is 1. The number of rotatable bonds is 6. The summed E-state index contributed by atoms with van der Waals surface area (Å²) >= 11 is 0. The fourth-order valence-corrected chi connectivity index (χ4v) is 4.25. The van der Waals surface area contributed by atoms with Crippen molar-refractivity contribution < 1.29 is 9.66 Å². The Bertz CT molecular complexity index is 594. The van der Waals surface area contributed by atoms with Crippen molar-refractivity contribution >= 4 is 5.69 Å². The molecule has 1 saturated carbocycles. The van der Waals surface area contributed by atoms with Crippen LogP contribution < -0.4 is 5.32 Å². The Kier molecular flexibility index (Phi) is 6.04. The summed E-state index contributed by atoms with van der Waals surface area (Å²) in [6.07, 6.45) is 6.36. The summed E-state index contributed by atoms with van der Waals surface area (Å²) in [5.74, 6) is 0. The van der Waals surface area contributed by atoms with Gasteiger partial charge in [0.1, 0.15) is 0 Å². The first kappa shape index (κ1) is 18.3. The van der Waals surface area contributed by atoms with E-state index in [1.807, 2.05) is 12.1 Å². The first-order chi connectivity index (χ1) is 12.1. The van der Waals surface area contributed by atoms with Crippen LogP contribution in [-0.4, -0.2) is 48.2 Å². The number of hydrogen-bond acceptors (Lipinski definition) is 5. The third kappa shape index (κ3) is 4.37. The van der Waals surface area contributed by atoms with E-state index >= 15 is 0 Å². The normalized spacial score (nSPS) is 21.2. The molecule has 0 aromatic heterocycles.